The standard InChI is InChI=1S/C12H10BrNO/c1-14-12(15)9-6-2-4-8-5-3-7-10(13)11(8)9/h2-7H,1H3,(H,14,15). The fraction of sp³-hybridized carbons (Fsp3) is 0.0833. The predicted molar refractivity (Wildman–Crippen MR) is 65.0 cm³/mol. The van der Waals surface area contributed by atoms with Gasteiger partial charge in [0.1, 0.15) is 0 Å². The van der Waals surface area contributed by atoms with Gasteiger partial charge < -0.3 is 5.32 Å². The molecule has 0 spiro atoms. The first-order valence-electron chi connectivity index (χ1n) is 4.63. The highest BCUT2D eigenvalue weighted by Crippen LogP contribution is 2.27. The van der Waals surface area contributed by atoms with Crippen molar-refractivity contribution < 1.29 is 4.79 Å². The first kappa shape index (κ1) is 10.2. The zero-order valence-corrected chi connectivity index (χ0v) is 9.84. The van der Waals surface area contributed by atoms with Crippen LogP contribution in [0.1, 0.15) is 10.4 Å². The first-order chi connectivity index (χ1) is 7.24. The van der Waals surface area contributed by atoms with Crippen LogP contribution in [0.2, 0.25) is 0 Å². The molecule has 0 aliphatic rings. The van der Waals surface area contributed by atoms with E-state index in [4.69, 9.17) is 0 Å². The Kier molecular flexibility index (Phi) is 2.73. The van der Waals surface area contributed by atoms with Gasteiger partial charge in [-0.05, 0) is 17.5 Å². The number of amides is 1. The van der Waals surface area contributed by atoms with E-state index in [1.807, 2.05) is 36.4 Å². The Hall–Kier alpha value is -1.35. The molecule has 0 saturated heterocycles. The molecular formula is C12H10BrNO. The van der Waals surface area contributed by atoms with Crippen molar-refractivity contribution in [2.24, 2.45) is 0 Å². The lowest BCUT2D eigenvalue weighted by Gasteiger charge is -2.06. The Morgan fingerprint density at radius 2 is 1.87 bits per heavy atom. The summed E-state index contributed by atoms with van der Waals surface area (Å²) < 4.78 is 0.944. The van der Waals surface area contributed by atoms with Gasteiger partial charge in [-0.25, -0.2) is 0 Å². The van der Waals surface area contributed by atoms with Gasteiger partial charge >= 0.3 is 0 Å². The third-order valence-electron chi connectivity index (χ3n) is 2.33. The minimum Gasteiger partial charge on any atom is -0.355 e. The van der Waals surface area contributed by atoms with Crippen molar-refractivity contribution in [3.05, 3.63) is 46.4 Å². The van der Waals surface area contributed by atoms with E-state index in [2.05, 4.69) is 21.2 Å². The number of rotatable bonds is 1. The number of hydrogen-bond acceptors (Lipinski definition) is 1. The molecule has 1 N–H and O–H groups in total. The van der Waals surface area contributed by atoms with Crippen molar-refractivity contribution >= 4 is 32.6 Å². The number of benzene rings is 2. The van der Waals surface area contributed by atoms with Crippen LogP contribution in [-0.4, -0.2) is 13.0 Å². The second-order valence-electron chi connectivity index (χ2n) is 3.22. The van der Waals surface area contributed by atoms with Gasteiger partial charge in [0.05, 0.1) is 0 Å². The summed E-state index contributed by atoms with van der Waals surface area (Å²) in [6, 6.07) is 11.6. The quantitative estimate of drug-likeness (QED) is 0.842. The molecule has 2 rings (SSSR count). The van der Waals surface area contributed by atoms with Crippen molar-refractivity contribution in [3.63, 3.8) is 0 Å². The van der Waals surface area contributed by atoms with E-state index < -0.39 is 0 Å². The SMILES string of the molecule is CNC(=O)c1cccc2cccc(Br)c12. The van der Waals surface area contributed by atoms with Crippen LogP contribution in [0.5, 0.6) is 0 Å². The number of carbonyl (C=O) groups is 1. The molecule has 0 radical (unpaired) electrons. The lowest BCUT2D eigenvalue weighted by molar-refractivity contribution is 0.0964. The topological polar surface area (TPSA) is 29.1 Å². The lowest BCUT2D eigenvalue weighted by Crippen LogP contribution is -2.18. The van der Waals surface area contributed by atoms with Crippen molar-refractivity contribution in [3.8, 4) is 0 Å². The summed E-state index contributed by atoms with van der Waals surface area (Å²) in [5.41, 5.74) is 0.697. The number of carbonyl (C=O) groups excluding carboxylic acids is 1. The summed E-state index contributed by atoms with van der Waals surface area (Å²) in [6.45, 7) is 0. The van der Waals surface area contributed by atoms with Gasteiger partial charge in [-0.3, -0.25) is 4.79 Å². The normalized spacial score (nSPS) is 10.3. The van der Waals surface area contributed by atoms with Gasteiger partial charge in [-0.15, -0.1) is 0 Å². The lowest BCUT2D eigenvalue weighted by atomic mass is 10.0. The Balaban J connectivity index is 2.80. The van der Waals surface area contributed by atoms with Crippen molar-refractivity contribution in [2.75, 3.05) is 7.05 Å². The van der Waals surface area contributed by atoms with Crippen LogP contribution in [0.15, 0.2) is 40.9 Å². The predicted octanol–water partition coefficient (Wildman–Crippen LogP) is 2.96. The van der Waals surface area contributed by atoms with E-state index in [-0.39, 0.29) is 5.91 Å². The van der Waals surface area contributed by atoms with E-state index in [1.165, 1.54) is 0 Å². The molecular weight excluding hydrogens is 254 g/mol. The zero-order chi connectivity index (χ0) is 10.8. The van der Waals surface area contributed by atoms with Crippen LogP contribution in [-0.2, 0) is 0 Å². The summed E-state index contributed by atoms with van der Waals surface area (Å²) in [4.78, 5) is 11.6. The molecule has 15 heavy (non-hydrogen) atoms. The monoisotopic (exact) mass is 263 g/mol. The Morgan fingerprint density at radius 1 is 1.20 bits per heavy atom. The van der Waals surface area contributed by atoms with Crippen LogP contribution in [0.25, 0.3) is 10.8 Å². The molecule has 1 amide bonds. The minimum absolute atomic E-state index is 0.0625. The van der Waals surface area contributed by atoms with E-state index in [0.717, 1.165) is 15.2 Å². The number of nitrogens with one attached hydrogen (secondary N) is 1. The van der Waals surface area contributed by atoms with Gasteiger partial charge in [0.15, 0.2) is 0 Å². The minimum atomic E-state index is -0.0625. The largest absolute Gasteiger partial charge is 0.355 e. The molecule has 0 aromatic heterocycles. The molecule has 76 valence electrons. The van der Waals surface area contributed by atoms with Crippen molar-refractivity contribution in [2.45, 2.75) is 0 Å². The molecule has 0 bridgehead atoms. The van der Waals surface area contributed by atoms with Crippen LogP contribution in [0.4, 0.5) is 0 Å². The van der Waals surface area contributed by atoms with Gasteiger partial charge in [0, 0.05) is 22.5 Å². The molecule has 2 nitrogen and oxygen atoms in total. The summed E-state index contributed by atoms with van der Waals surface area (Å²) in [6.07, 6.45) is 0. The summed E-state index contributed by atoms with van der Waals surface area (Å²) in [5, 5.41) is 4.66. The highest BCUT2D eigenvalue weighted by molar-refractivity contribution is 9.10. The molecule has 3 heteroatoms. The fourth-order valence-corrected chi connectivity index (χ4v) is 2.21. The van der Waals surface area contributed by atoms with Crippen LogP contribution in [0.3, 0.4) is 0 Å². The molecule has 2 aromatic carbocycles. The highest BCUT2D eigenvalue weighted by atomic mass is 79.9. The van der Waals surface area contributed by atoms with Gasteiger partial charge in [0.2, 0.25) is 0 Å². The average Bonchev–Trinajstić information content (AvgIpc) is 2.28. The molecule has 0 atom stereocenters. The molecule has 0 aliphatic heterocycles. The fourth-order valence-electron chi connectivity index (χ4n) is 1.62. The van der Waals surface area contributed by atoms with Crippen molar-refractivity contribution in [1.29, 1.82) is 0 Å². The summed E-state index contributed by atoms with van der Waals surface area (Å²) in [5.74, 6) is -0.0625. The van der Waals surface area contributed by atoms with E-state index in [1.54, 1.807) is 7.05 Å². The van der Waals surface area contributed by atoms with Crippen LogP contribution < -0.4 is 5.32 Å². The summed E-state index contributed by atoms with van der Waals surface area (Å²) in [7, 11) is 1.64. The second-order valence-corrected chi connectivity index (χ2v) is 4.08. The first-order valence-corrected chi connectivity index (χ1v) is 5.42. The average molecular weight is 264 g/mol. The van der Waals surface area contributed by atoms with Crippen molar-refractivity contribution in [1.82, 2.24) is 5.32 Å². The van der Waals surface area contributed by atoms with E-state index in [0.29, 0.717) is 5.56 Å². The molecule has 0 unspecified atom stereocenters. The second kappa shape index (κ2) is 4.03. The maximum Gasteiger partial charge on any atom is 0.251 e. The maximum atomic E-state index is 11.6. The number of hydrogen-bond donors (Lipinski definition) is 1. The third-order valence-corrected chi connectivity index (χ3v) is 2.99. The van der Waals surface area contributed by atoms with E-state index in [9.17, 15) is 4.79 Å². The number of halogens is 1. The van der Waals surface area contributed by atoms with Gasteiger partial charge in [-0.1, -0.05) is 40.2 Å². The van der Waals surface area contributed by atoms with Crippen LogP contribution >= 0.6 is 15.9 Å². The number of fused-ring (bicyclic) bond motifs is 1. The van der Waals surface area contributed by atoms with Gasteiger partial charge in [-0.2, -0.15) is 0 Å². The smallest absolute Gasteiger partial charge is 0.251 e. The molecule has 2 aromatic rings. The Morgan fingerprint density at radius 3 is 2.53 bits per heavy atom. The summed E-state index contributed by atoms with van der Waals surface area (Å²) >= 11 is 3.47. The van der Waals surface area contributed by atoms with Gasteiger partial charge in [0.25, 0.3) is 5.91 Å². The molecule has 0 fully saturated rings. The molecule has 0 saturated carbocycles. The highest BCUT2D eigenvalue weighted by Gasteiger charge is 2.09. The zero-order valence-electron chi connectivity index (χ0n) is 8.25. The molecule has 0 heterocycles. The van der Waals surface area contributed by atoms with E-state index >= 15 is 0 Å². The molecule has 0 aliphatic carbocycles. The Labute approximate surface area is 96.4 Å². The third kappa shape index (κ3) is 1.75. The van der Waals surface area contributed by atoms with Crippen LogP contribution in [0, 0.1) is 0 Å². The Bertz CT molecular complexity index is 517. The maximum absolute atomic E-state index is 11.6.